The summed E-state index contributed by atoms with van der Waals surface area (Å²) in [4.78, 5) is 22.5. The minimum Gasteiger partial charge on any atom is -0.376 e. The highest BCUT2D eigenvalue weighted by atomic mass is 19.1. The molecular formula is C25H18F2N8. The number of aromatic nitrogens is 7. The predicted octanol–water partition coefficient (Wildman–Crippen LogP) is 4.97. The third-order valence-electron chi connectivity index (χ3n) is 5.81. The van der Waals surface area contributed by atoms with Gasteiger partial charge in [-0.1, -0.05) is 12.1 Å². The Balaban J connectivity index is 1.52. The lowest BCUT2D eigenvalue weighted by Gasteiger charge is -2.13. The van der Waals surface area contributed by atoms with Gasteiger partial charge in [-0.25, -0.2) is 13.8 Å². The summed E-state index contributed by atoms with van der Waals surface area (Å²) in [7, 11) is 3.77. The van der Waals surface area contributed by atoms with Crippen LogP contribution in [0, 0.1) is 11.6 Å². The number of H-pyrrole nitrogens is 2. The van der Waals surface area contributed by atoms with Crippen molar-refractivity contribution in [3.63, 3.8) is 0 Å². The summed E-state index contributed by atoms with van der Waals surface area (Å²) in [6, 6.07) is 8.03. The molecule has 0 amide bonds. The summed E-state index contributed by atoms with van der Waals surface area (Å²) in [5.41, 5.74) is 4.76. The van der Waals surface area contributed by atoms with Gasteiger partial charge in [0.05, 0.1) is 46.2 Å². The molecule has 2 N–H and O–H groups in total. The Morgan fingerprint density at radius 1 is 0.857 bits per heavy atom. The molecule has 172 valence electrons. The molecule has 0 atom stereocenters. The molecule has 0 aliphatic rings. The second kappa shape index (κ2) is 7.94. The number of imidazole rings is 1. The number of aromatic amines is 2. The van der Waals surface area contributed by atoms with E-state index in [4.69, 9.17) is 0 Å². The first-order valence-corrected chi connectivity index (χ1v) is 10.7. The summed E-state index contributed by atoms with van der Waals surface area (Å²) in [6.45, 7) is 0. The van der Waals surface area contributed by atoms with E-state index in [-0.39, 0.29) is 16.9 Å². The number of nitrogens with zero attached hydrogens (tertiary/aromatic N) is 6. The summed E-state index contributed by atoms with van der Waals surface area (Å²) in [5, 5.41) is 7.40. The van der Waals surface area contributed by atoms with E-state index in [1.807, 2.05) is 25.1 Å². The van der Waals surface area contributed by atoms with Gasteiger partial charge in [0.15, 0.2) is 11.6 Å². The minimum atomic E-state index is -0.534. The monoisotopic (exact) mass is 468 g/mol. The first kappa shape index (κ1) is 20.8. The fraction of sp³-hybridized carbons (Fsp3) is 0.0800. The molecule has 0 saturated carbocycles. The van der Waals surface area contributed by atoms with Gasteiger partial charge in [-0.3, -0.25) is 20.1 Å². The van der Waals surface area contributed by atoms with Crippen LogP contribution in [0.4, 0.5) is 14.5 Å². The number of halogens is 2. The molecule has 8 nitrogen and oxygen atoms in total. The molecular weight excluding hydrogens is 450 g/mol. The zero-order valence-corrected chi connectivity index (χ0v) is 18.7. The van der Waals surface area contributed by atoms with E-state index in [0.717, 1.165) is 5.69 Å². The number of benzene rings is 1. The zero-order valence-electron chi connectivity index (χ0n) is 18.7. The number of hydrogen-bond acceptors (Lipinski definition) is 6. The number of nitrogens with one attached hydrogen (secondary N) is 2. The van der Waals surface area contributed by atoms with E-state index < -0.39 is 5.82 Å². The molecule has 35 heavy (non-hydrogen) atoms. The van der Waals surface area contributed by atoms with Crippen molar-refractivity contribution >= 4 is 27.6 Å². The first-order valence-electron chi connectivity index (χ1n) is 10.7. The van der Waals surface area contributed by atoms with Gasteiger partial charge in [-0.2, -0.15) is 5.10 Å². The van der Waals surface area contributed by atoms with Crippen molar-refractivity contribution in [1.82, 2.24) is 35.1 Å². The van der Waals surface area contributed by atoms with Crippen molar-refractivity contribution in [3.8, 4) is 33.9 Å². The first-order chi connectivity index (χ1) is 17.0. The van der Waals surface area contributed by atoms with Crippen molar-refractivity contribution < 1.29 is 8.78 Å². The quantitative estimate of drug-likeness (QED) is 0.379. The molecule has 0 aliphatic carbocycles. The van der Waals surface area contributed by atoms with Gasteiger partial charge in [-0.05, 0) is 23.8 Å². The second-order valence-electron chi connectivity index (χ2n) is 8.29. The van der Waals surface area contributed by atoms with Crippen LogP contribution in [0.5, 0.6) is 0 Å². The van der Waals surface area contributed by atoms with Gasteiger partial charge in [0, 0.05) is 37.6 Å². The van der Waals surface area contributed by atoms with Crippen LogP contribution in [0.3, 0.4) is 0 Å². The average Bonchev–Trinajstić information content (AvgIpc) is 3.49. The van der Waals surface area contributed by atoms with Gasteiger partial charge >= 0.3 is 0 Å². The van der Waals surface area contributed by atoms with Crippen LogP contribution in [-0.4, -0.2) is 49.2 Å². The molecule has 5 aromatic heterocycles. The third-order valence-corrected chi connectivity index (χ3v) is 5.81. The number of pyridine rings is 3. The van der Waals surface area contributed by atoms with Crippen LogP contribution < -0.4 is 4.90 Å². The lowest BCUT2D eigenvalue weighted by Crippen LogP contribution is -2.09. The summed E-state index contributed by atoms with van der Waals surface area (Å²) < 4.78 is 29.7. The average molecular weight is 468 g/mol. The lowest BCUT2D eigenvalue weighted by molar-refractivity contribution is 0.628. The van der Waals surface area contributed by atoms with Crippen molar-refractivity contribution in [3.05, 3.63) is 73.0 Å². The molecule has 0 unspecified atom stereocenters. The predicted molar refractivity (Wildman–Crippen MR) is 130 cm³/mol. The van der Waals surface area contributed by atoms with Crippen LogP contribution in [0.1, 0.15) is 0 Å². The Morgan fingerprint density at radius 2 is 1.71 bits per heavy atom. The van der Waals surface area contributed by atoms with Gasteiger partial charge in [0.25, 0.3) is 0 Å². The van der Waals surface area contributed by atoms with E-state index >= 15 is 4.39 Å². The van der Waals surface area contributed by atoms with E-state index in [0.29, 0.717) is 44.8 Å². The Morgan fingerprint density at radius 3 is 2.54 bits per heavy atom. The summed E-state index contributed by atoms with van der Waals surface area (Å²) in [5.74, 6) is -0.538. The van der Waals surface area contributed by atoms with E-state index in [2.05, 4.69) is 35.1 Å². The highest BCUT2D eigenvalue weighted by Gasteiger charge is 2.21. The topological polar surface area (TPSA) is 99.3 Å². The molecule has 0 saturated heterocycles. The smallest absolute Gasteiger partial charge is 0.161 e. The van der Waals surface area contributed by atoms with Crippen LogP contribution in [0.2, 0.25) is 0 Å². The SMILES string of the molecule is CN(C)c1cncc(-c2ncc3[nH]nc(-c4nc5c(-c6cccc(F)c6)cncc5[nH]4)c3c2F)c1. The highest BCUT2D eigenvalue weighted by Crippen LogP contribution is 2.34. The van der Waals surface area contributed by atoms with Crippen molar-refractivity contribution in [2.45, 2.75) is 0 Å². The molecule has 6 rings (SSSR count). The summed E-state index contributed by atoms with van der Waals surface area (Å²) >= 11 is 0. The van der Waals surface area contributed by atoms with Gasteiger partial charge in [0.1, 0.15) is 17.2 Å². The molecule has 10 heteroatoms. The number of hydrogen-bond donors (Lipinski definition) is 2. The fourth-order valence-corrected chi connectivity index (χ4v) is 4.06. The van der Waals surface area contributed by atoms with Gasteiger partial charge in [0.2, 0.25) is 0 Å². The summed E-state index contributed by atoms with van der Waals surface area (Å²) in [6.07, 6.45) is 8.04. The minimum absolute atomic E-state index is 0.162. The maximum atomic E-state index is 15.9. The molecule has 0 fully saturated rings. The van der Waals surface area contributed by atoms with Crippen LogP contribution in [0.25, 0.3) is 55.8 Å². The van der Waals surface area contributed by atoms with E-state index in [9.17, 15) is 4.39 Å². The zero-order chi connectivity index (χ0) is 24.1. The fourth-order valence-electron chi connectivity index (χ4n) is 4.06. The molecule has 0 bridgehead atoms. The van der Waals surface area contributed by atoms with Crippen molar-refractivity contribution in [1.29, 1.82) is 0 Å². The van der Waals surface area contributed by atoms with Crippen LogP contribution in [0.15, 0.2) is 61.3 Å². The van der Waals surface area contributed by atoms with Crippen molar-refractivity contribution in [2.75, 3.05) is 19.0 Å². The second-order valence-corrected chi connectivity index (χ2v) is 8.29. The number of fused-ring (bicyclic) bond motifs is 2. The van der Waals surface area contributed by atoms with Gasteiger partial charge in [-0.15, -0.1) is 0 Å². The molecule has 0 radical (unpaired) electrons. The Kier molecular flexibility index (Phi) is 4.73. The van der Waals surface area contributed by atoms with E-state index in [1.165, 1.54) is 18.3 Å². The lowest BCUT2D eigenvalue weighted by atomic mass is 10.1. The molecule has 1 aromatic carbocycles. The third kappa shape index (κ3) is 3.46. The normalized spacial score (nSPS) is 11.4. The Bertz CT molecular complexity index is 1720. The van der Waals surface area contributed by atoms with Gasteiger partial charge < -0.3 is 9.88 Å². The molecule has 0 aliphatic heterocycles. The molecule has 0 spiro atoms. The maximum Gasteiger partial charge on any atom is 0.161 e. The van der Waals surface area contributed by atoms with Crippen LogP contribution in [-0.2, 0) is 0 Å². The Hall–Kier alpha value is -4.73. The number of anilines is 1. The largest absolute Gasteiger partial charge is 0.376 e. The van der Waals surface area contributed by atoms with Crippen LogP contribution >= 0.6 is 0 Å². The van der Waals surface area contributed by atoms with E-state index in [1.54, 1.807) is 36.9 Å². The highest BCUT2D eigenvalue weighted by molar-refractivity contribution is 5.97. The van der Waals surface area contributed by atoms with Crippen molar-refractivity contribution in [2.24, 2.45) is 0 Å². The molecule has 5 heterocycles. The maximum absolute atomic E-state index is 15.9. The molecule has 6 aromatic rings. The number of rotatable bonds is 4. The Labute approximate surface area is 197 Å². The standard InChI is InChI=1S/C25H18F2N8/c1-35(2)16-7-14(8-28-9-16)22-21(27)20-18(12-30-22)33-34-24(20)25-31-19-11-29-10-17(23(19)32-25)13-4-3-5-15(26)6-13/h3-12H,1-2H3,(H,31,32)(H,33,34).